The standard InChI is InChI=1S/C11H20N2O3/c1-3-8-4-5-13(7-9(8)12)10(14)6-11(15)16-2/h8-9H,3-7,12H2,1-2H3. The summed E-state index contributed by atoms with van der Waals surface area (Å²) >= 11 is 0. The highest BCUT2D eigenvalue weighted by molar-refractivity contribution is 5.94. The quantitative estimate of drug-likeness (QED) is 0.550. The molecule has 1 amide bonds. The van der Waals surface area contributed by atoms with Gasteiger partial charge in [0, 0.05) is 19.1 Å². The molecule has 1 saturated heterocycles. The molecule has 0 bridgehead atoms. The van der Waals surface area contributed by atoms with Gasteiger partial charge in [-0.1, -0.05) is 13.3 Å². The zero-order chi connectivity index (χ0) is 12.1. The Morgan fingerprint density at radius 2 is 2.19 bits per heavy atom. The molecular formula is C11H20N2O3. The number of carbonyl (C=O) groups is 2. The van der Waals surface area contributed by atoms with E-state index in [-0.39, 0.29) is 18.4 Å². The molecule has 0 spiro atoms. The molecule has 5 nitrogen and oxygen atoms in total. The highest BCUT2D eigenvalue weighted by Crippen LogP contribution is 2.19. The Balaban J connectivity index is 2.45. The summed E-state index contributed by atoms with van der Waals surface area (Å²) in [6.07, 6.45) is 1.78. The smallest absolute Gasteiger partial charge is 0.315 e. The van der Waals surface area contributed by atoms with E-state index in [4.69, 9.17) is 5.73 Å². The molecule has 16 heavy (non-hydrogen) atoms. The maximum absolute atomic E-state index is 11.7. The highest BCUT2D eigenvalue weighted by atomic mass is 16.5. The number of ether oxygens (including phenoxy) is 1. The number of likely N-dealkylation sites (tertiary alicyclic amines) is 1. The molecule has 1 heterocycles. The Hall–Kier alpha value is -1.10. The average Bonchev–Trinajstić information content (AvgIpc) is 2.28. The van der Waals surface area contributed by atoms with Gasteiger partial charge in [0.05, 0.1) is 7.11 Å². The predicted molar refractivity (Wildman–Crippen MR) is 59.6 cm³/mol. The molecule has 2 atom stereocenters. The van der Waals surface area contributed by atoms with Crippen LogP contribution in [0.25, 0.3) is 0 Å². The second kappa shape index (κ2) is 5.84. The summed E-state index contributed by atoms with van der Waals surface area (Å²) in [5.41, 5.74) is 5.97. The molecule has 1 aliphatic heterocycles. The van der Waals surface area contributed by atoms with Gasteiger partial charge in [0.2, 0.25) is 5.91 Å². The number of rotatable bonds is 3. The van der Waals surface area contributed by atoms with Crippen molar-refractivity contribution < 1.29 is 14.3 Å². The van der Waals surface area contributed by atoms with Crippen LogP contribution >= 0.6 is 0 Å². The molecule has 0 aromatic rings. The van der Waals surface area contributed by atoms with E-state index in [0.717, 1.165) is 12.8 Å². The second-order valence-corrected chi connectivity index (χ2v) is 4.21. The van der Waals surface area contributed by atoms with Crippen molar-refractivity contribution in [2.75, 3.05) is 20.2 Å². The number of hydrogen-bond acceptors (Lipinski definition) is 4. The molecule has 0 aromatic carbocycles. The first-order valence-corrected chi connectivity index (χ1v) is 5.68. The normalized spacial score (nSPS) is 25.3. The van der Waals surface area contributed by atoms with E-state index < -0.39 is 5.97 Å². The van der Waals surface area contributed by atoms with Crippen LogP contribution in [0.5, 0.6) is 0 Å². The fourth-order valence-corrected chi connectivity index (χ4v) is 2.07. The summed E-state index contributed by atoms with van der Waals surface area (Å²) in [5, 5.41) is 0. The molecule has 2 N–H and O–H groups in total. The SMILES string of the molecule is CCC1CCN(C(=O)CC(=O)OC)CC1N. The number of nitrogens with two attached hydrogens (primary N) is 1. The van der Waals surface area contributed by atoms with Gasteiger partial charge in [0.15, 0.2) is 0 Å². The lowest BCUT2D eigenvalue weighted by atomic mass is 9.90. The Bertz CT molecular complexity index is 268. The molecule has 0 aromatic heterocycles. The first-order chi connectivity index (χ1) is 7.58. The second-order valence-electron chi connectivity index (χ2n) is 4.21. The van der Waals surface area contributed by atoms with Crippen molar-refractivity contribution in [2.24, 2.45) is 11.7 Å². The van der Waals surface area contributed by atoms with Gasteiger partial charge in [-0.3, -0.25) is 9.59 Å². The van der Waals surface area contributed by atoms with Gasteiger partial charge < -0.3 is 15.4 Å². The Morgan fingerprint density at radius 3 is 2.69 bits per heavy atom. The van der Waals surface area contributed by atoms with Gasteiger partial charge in [-0.05, 0) is 12.3 Å². The largest absolute Gasteiger partial charge is 0.469 e. The third-order valence-electron chi connectivity index (χ3n) is 3.21. The minimum absolute atomic E-state index is 0.0281. The van der Waals surface area contributed by atoms with E-state index in [0.29, 0.717) is 19.0 Å². The molecule has 0 saturated carbocycles. The van der Waals surface area contributed by atoms with E-state index in [9.17, 15) is 9.59 Å². The van der Waals surface area contributed by atoms with Crippen LogP contribution in [0.3, 0.4) is 0 Å². The van der Waals surface area contributed by atoms with Gasteiger partial charge in [0.1, 0.15) is 6.42 Å². The van der Waals surface area contributed by atoms with Crippen LogP contribution in [0.2, 0.25) is 0 Å². The number of amides is 1. The number of piperidine rings is 1. The summed E-state index contributed by atoms with van der Waals surface area (Å²) in [4.78, 5) is 24.3. The van der Waals surface area contributed by atoms with E-state index in [1.54, 1.807) is 4.90 Å². The van der Waals surface area contributed by atoms with Crippen molar-refractivity contribution >= 4 is 11.9 Å². The number of methoxy groups -OCH3 is 1. The van der Waals surface area contributed by atoms with Gasteiger partial charge in [-0.15, -0.1) is 0 Å². The van der Waals surface area contributed by atoms with E-state index >= 15 is 0 Å². The predicted octanol–water partition coefficient (Wildman–Crippen LogP) is 0.135. The first-order valence-electron chi connectivity index (χ1n) is 5.68. The molecule has 1 fully saturated rings. The number of esters is 1. The highest BCUT2D eigenvalue weighted by Gasteiger charge is 2.28. The van der Waals surface area contributed by atoms with Crippen molar-refractivity contribution in [2.45, 2.75) is 32.2 Å². The third kappa shape index (κ3) is 3.20. The average molecular weight is 228 g/mol. The van der Waals surface area contributed by atoms with Crippen LogP contribution in [0, 0.1) is 5.92 Å². The maximum atomic E-state index is 11.7. The molecule has 0 radical (unpaired) electrons. The fourth-order valence-electron chi connectivity index (χ4n) is 2.07. The van der Waals surface area contributed by atoms with Gasteiger partial charge in [0.25, 0.3) is 0 Å². The number of carbonyl (C=O) groups excluding carboxylic acids is 2. The number of hydrogen-bond donors (Lipinski definition) is 1. The Kier molecular flexibility index (Phi) is 4.73. The van der Waals surface area contributed by atoms with Crippen LogP contribution in [-0.4, -0.2) is 43.0 Å². The van der Waals surface area contributed by atoms with Crippen molar-refractivity contribution in [1.82, 2.24) is 4.90 Å². The lowest BCUT2D eigenvalue weighted by molar-refractivity contribution is -0.147. The first kappa shape index (κ1) is 13.0. The zero-order valence-electron chi connectivity index (χ0n) is 9.94. The maximum Gasteiger partial charge on any atom is 0.315 e. The van der Waals surface area contributed by atoms with E-state index in [1.165, 1.54) is 7.11 Å². The molecule has 1 rings (SSSR count). The topological polar surface area (TPSA) is 72.6 Å². The van der Waals surface area contributed by atoms with Crippen molar-refractivity contribution in [3.8, 4) is 0 Å². The molecule has 5 heteroatoms. The minimum Gasteiger partial charge on any atom is -0.469 e. The lowest BCUT2D eigenvalue weighted by Crippen LogP contribution is -2.50. The Labute approximate surface area is 95.9 Å². The van der Waals surface area contributed by atoms with Crippen LogP contribution in [0.15, 0.2) is 0 Å². The van der Waals surface area contributed by atoms with Crippen LogP contribution in [0.1, 0.15) is 26.2 Å². The van der Waals surface area contributed by atoms with Crippen LogP contribution in [-0.2, 0) is 14.3 Å². The van der Waals surface area contributed by atoms with Crippen LogP contribution in [0.4, 0.5) is 0 Å². The number of nitrogens with zero attached hydrogens (tertiary/aromatic N) is 1. The van der Waals surface area contributed by atoms with Crippen LogP contribution < -0.4 is 5.73 Å². The van der Waals surface area contributed by atoms with Crippen molar-refractivity contribution in [1.29, 1.82) is 0 Å². The molecule has 92 valence electrons. The van der Waals surface area contributed by atoms with Gasteiger partial charge in [-0.25, -0.2) is 0 Å². The van der Waals surface area contributed by atoms with E-state index in [1.807, 2.05) is 0 Å². The molecule has 1 aliphatic rings. The van der Waals surface area contributed by atoms with E-state index in [2.05, 4.69) is 11.7 Å². The molecular weight excluding hydrogens is 208 g/mol. The minimum atomic E-state index is -0.490. The summed E-state index contributed by atoms with van der Waals surface area (Å²) < 4.78 is 4.46. The van der Waals surface area contributed by atoms with Crippen molar-refractivity contribution in [3.05, 3.63) is 0 Å². The fraction of sp³-hybridized carbons (Fsp3) is 0.818. The molecule has 0 aliphatic carbocycles. The lowest BCUT2D eigenvalue weighted by Gasteiger charge is -2.36. The van der Waals surface area contributed by atoms with Gasteiger partial charge in [-0.2, -0.15) is 0 Å². The zero-order valence-corrected chi connectivity index (χ0v) is 9.94. The summed E-state index contributed by atoms with van der Waals surface area (Å²) in [6.45, 7) is 3.35. The monoisotopic (exact) mass is 228 g/mol. The van der Waals surface area contributed by atoms with Crippen molar-refractivity contribution in [3.63, 3.8) is 0 Å². The molecule has 2 unspecified atom stereocenters. The summed E-state index contributed by atoms with van der Waals surface area (Å²) in [6, 6.07) is 0.0281. The summed E-state index contributed by atoms with van der Waals surface area (Å²) in [7, 11) is 1.28. The summed E-state index contributed by atoms with van der Waals surface area (Å²) in [5.74, 6) is -0.185. The third-order valence-corrected chi connectivity index (χ3v) is 3.21. The Morgan fingerprint density at radius 1 is 1.50 bits per heavy atom. The van der Waals surface area contributed by atoms with Gasteiger partial charge >= 0.3 is 5.97 Å².